The number of ether oxygens (including phenoxy) is 4. The molecule has 0 radical (unpaired) electrons. The number of carbonyl (C=O) groups is 3. The number of rotatable bonds is 4. The van der Waals surface area contributed by atoms with Crippen molar-refractivity contribution < 1.29 is 33.3 Å². The summed E-state index contributed by atoms with van der Waals surface area (Å²) >= 11 is 0. The lowest BCUT2D eigenvalue weighted by Gasteiger charge is -2.32. The molecule has 0 aliphatic carbocycles. The van der Waals surface area contributed by atoms with Crippen LogP contribution in [0.25, 0.3) is 0 Å². The first-order valence-corrected chi connectivity index (χ1v) is 7.38. The van der Waals surface area contributed by atoms with E-state index in [1.807, 2.05) is 6.92 Å². The smallest absolute Gasteiger partial charge is 0.355 e. The minimum atomic E-state index is -0.736. The molecule has 0 N–H and O–H groups in total. The quantitative estimate of drug-likeness (QED) is 0.591. The lowest BCUT2D eigenvalue weighted by molar-refractivity contribution is -0.140. The van der Waals surface area contributed by atoms with Crippen LogP contribution in [0.15, 0.2) is 29.5 Å². The van der Waals surface area contributed by atoms with Crippen LogP contribution in [0.3, 0.4) is 0 Å². The SMILES string of the molecule is COC(=O)C1=C(C(=O)OC)N(c2ccc(C)cc2C(=O)OC)COC1. The Kier molecular flexibility index (Phi) is 5.76. The number of esters is 3. The molecule has 1 aliphatic rings. The van der Waals surface area contributed by atoms with Crippen LogP contribution >= 0.6 is 0 Å². The van der Waals surface area contributed by atoms with Gasteiger partial charge in [-0.25, -0.2) is 14.4 Å². The second-order valence-corrected chi connectivity index (χ2v) is 5.23. The number of aryl methyl sites for hydroxylation is 1. The van der Waals surface area contributed by atoms with Crippen molar-refractivity contribution in [1.29, 1.82) is 0 Å². The zero-order valence-corrected chi connectivity index (χ0v) is 14.5. The molecule has 1 aromatic carbocycles. The van der Waals surface area contributed by atoms with E-state index in [-0.39, 0.29) is 30.2 Å². The number of benzene rings is 1. The summed E-state index contributed by atoms with van der Waals surface area (Å²) in [5.41, 5.74) is 1.41. The molecule has 25 heavy (non-hydrogen) atoms. The number of anilines is 1. The Hall–Kier alpha value is -2.87. The van der Waals surface area contributed by atoms with E-state index in [4.69, 9.17) is 18.9 Å². The van der Waals surface area contributed by atoms with E-state index >= 15 is 0 Å². The minimum Gasteiger partial charge on any atom is -0.466 e. The summed E-state index contributed by atoms with van der Waals surface area (Å²) in [6.45, 7) is 1.67. The third-order valence-corrected chi connectivity index (χ3v) is 3.68. The lowest BCUT2D eigenvalue weighted by Crippen LogP contribution is -2.39. The Balaban J connectivity index is 2.66. The molecule has 0 amide bonds. The van der Waals surface area contributed by atoms with Crippen molar-refractivity contribution in [3.63, 3.8) is 0 Å². The molecule has 134 valence electrons. The molecule has 2 rings (SSSR count). The van der Waals surface area contributed by atoms with Gasteiger partial charge in [0, 0.05) is 0 Å². The van der Waals surface area contributed by atoms with Crippen LogP contribution < -0.4 is 4.90 Å². The highest BCUT2D eigenvalue weighted by molar-refractivity contribution is 6.05. The van der Waals surface area contributed by atoms with E-state index in [0.717, 1.165) is 5.56 Å². The van der Waals surface area contributed by atoms with Crippen LogP contribution in [0.4, 0.5) is 5.69 Å². The van der Waals surface area contributed by atoms with Gasteiger partial charge in [0.15, 0.2) is 0 Å². The van der Waals surface area contributed by atoms with Crippen LogP contribution in [0, 0.1) is 6.92 Å². The zero-order valence-electron chi connectivity index (χ0n) is 14.5. The standard InChI is InChI=1S/C17H19NO7/c1-10-5-6-13(11(7-10)15(19)22-2)18-9-25-8-12(16(20)23-3)14(18)17(21)24-4/h5-7H,8-9H2,1-4H3. The number of methoxy groups -OCH3 is 3. The van der Waals surface area contributed by atoms with Crippen molar-refractivity contribution in [1.82, 2.24) is 0 Å². The first kappa shape index (κ1) is 18.5. The second kappa shape index (κ2) is 7.80. The van der Waals surface area contributed by atoms with Crippen molar-refractivity contribution in [2.45, 2.75) is 6.92 Å². The maximum absolute atomic E-state index is 12.3. The summed E-state index contributed by atoms with van der Waals surface area (Å²) in [5.74, 6) is -2.02. The highest BCUT2D eigenvalue weighted by Gasteiger charge is 2.34. The van der Waals surface area contributed by atoms with E-state index in [1.54, 1.807) is 18.2 Å². The topological polar surface area (TPSA) is 91.4 Å². The molecule has 0 spiro atoms. The highest BCUT2D eigenvalue weighted by Crippen LogP contribution is 2.30. The Morgan fingerprint density at radius 2 is 1.64 bits per heavy atom. The summed E-state index contributed by atoms with van der Waals surface area (Å²) < 4.78 is 19.7. The van der Waals surface area contributed by atoms with Crippen molar-refractivity contribution in [2.24, 2.45) is 0 Å². The fourth-order valence-electron chi connectivity index (χ4n) is 2.49. The number of hydrogen-bond donors (Lipinski definition) is 0. The van der Waals surface area contributed by atoms with Crippen LogP contribution in [-0.2, 0) is 28.5 Å². The monoisotopic (exact) mass is 349 g/mol. The maximum Gasteiger partial charge on any atom is 0.355 e. The lowest BCUT2D eigenvalue weighted by atomic mass is 10.1. The molecule has 0 aromatic heterocycles. The van der Waals surface area contributed by atoms with E-state index < -0.39 is 17.9 Å². The molecular formula is C17H19NO7. The average molecular weight is 349 g/mol. The van der Waals surface area contributed by atoms with Crippen LogP contribution in [-0.4, -0.2) is 52.6 Å². The van der Waals surface area contributed by atoms with Gasteiger partial charge >= 0.3 is 17.9 Å². The summed E-state index contributed by atoms with van der Waals surface area (Å²) in [5, 5.41) is 0. The molecule has 0 fully saturated rings. The van der Waals surface area contributed by atoms with E-state index in [0.29, 0.717) is 5.69 Å². The maximum atomic E-state index is 12.3. The van der Waals surface area contributed by atoms with Crippen LogP contribution in [0.1, 0.15) is 15.9 Å². The fraction of sp³-hybridized carbons (Fsp3) is 0.353. The Morgan fingerprint density at radius 3 is 2.24 bits per heavy atom. The number of nitrogens with zero attached hydrogens (tertiary/aromatic N) is 1. The third-order valence-electron chi connectivity index (χ3n) is 3.68. The Labute approximate surface area is 144 Å². The van der Waals surface area contributed by atoms with Gasteiger partial charge in [-0.3, -0.25) is 0 Å². The van der Waals surface area contributed by atoms with Crippen LogP contribution in [0.5, 0.6) is 0 Å². The summed E-state index contributed by atoms with van der Waals surface area (Å²) in [7, 11) is 3.67. The number of hydrogen-bond acceptors (Lipinski definition) is 8. The van der Waals surface area contributed by atoms with Gasteiger partial charge in [-0.05, 0) is 19.1 Å². The summed E-state index contributed by atoms with van der Waals surface area (Å²) in [4.78, 5) is 37.8. The fourth-order valence-corrected chi connectivity index (χ4v) is 2.49. The largest absolute Gasteiger partial charge is 0.466 e. The second-order valence-electron chi connectivity index (χ2n) is 5.23. The Morgan fingerprint density at radius 1 is 1.00 bits per heavy atom. The summed E-state index contributed by atoms with van der Waals surface area (Å²) in [6, 6.07) is 5.04. The van der Waals surface area contributed by atoms with Crippen LogP contribution in [0.2, 0.25) is 0 Å². The molecule has 0 saturated heterocycles. The average Bonchev–Trinajstić information content (AvgIpc) is 2.65. The third kappa shape index (κ3) is 3.63. The van der Waals surface area contributed by atoms with Crippen molar-refractivity contribution >= 4 is 23.6 Å². The molecule has 1 heterocycles. The van der Waals surface area contributed by atoms with Gasteiger partial charge in [0.1, 0.15) is 12.4 Å². The molecule has 0 bridgehead atoms. The molecule has 0 saturated carbocycles. The first-order chi connectivity index (χ1) is 11.9. The molecule has 8 nitrogen and oxygen atoms in total. The molecule has 8 heteroatoms. The van der Waals surface area contributed by atoms with Gasteiger partial charge in [0.05, 0.1) is 44.8 Å². The molecule has 0 atom stereocenters. The molecule has 1 aliphatic heterocycles. The van der Waals surface area contributed by atoms with Crippen molar-refractivity contribution in [2.75, 3.05) is 39.6 Å². The highest BCUT2D eigenvalue weighted by atomic mass is 16.5. The predicted molar refractivity (Wildman–Crippen MR) is 86.9 cm³/mol. The number of carbonyl (C=O) groups excluding carboxylic acids is 3. The van der Waals surface area contributed by atoms with Crippen molar-refractivity contribution in [3.05, 3.63) is 40.6 Å². The summed E-state index contributed by atoms with van der Waals surface area (Å²) in [6.07, 6.45) is 0. The van der Waals surface area contributed by atoms with Gasteiger partial charge in [0.2, 0.25) is 0 Å². The van der Waals surface area contributed by atoms with E-state index in [2.05, 4.69) is 0 Å². The van der Waals surface area contributed by atoms with Gasteiger partial charge in [-0.15, -0.1) is 0 Å². The normalized spacial score (nSPS) is 14.2. The Bertz CT molecular complexity index is 739. The minimum absolute atomic E-state index is 0.0111. The van der Waals surface area contributed by atoms with Gasteiger partial charge < -0.3 is 23.8 Å². The molecule has 1 aromatic rings. The van der Waals surface area contributed by atoms with Gasteiger partial charge in [-0.1, -0.05) is 11.6 Å². The zero-order chi connectivity index (χ0) is 18.6. The van der Waals surface area contributed by atoms with Gasteiger partial charge in [0.25, 0.3) is 0 Å². The molecular weight excluding hydrogens is 330 g/mol. The van der Waals surface area contributed by atoms with E-state index in [9.17, 15) is 14.4 Å². The van der Waals surface area contributed by atoms with Gasteiger partial charge in [-0.2, -0.15) is 0 Å². The van der Waals surface area contributed by atoms with Crippen molar-refractivity contribution in [3.8, 4) is 0 Å². The first-order valence-electron chi connectivity index (χ1n) is 7.38. The predicted octanol–water partition coefficient (Wildman–Crippen LogP) is 1.18. The van der Waals surface area contributed by atoms with E-state index in [1.165, 1.54) is 26.2 Å². The molecule has 0 unspecified atom stereocenters.